The average molecular weight is 247 g/mol. The molecule has 7 nitrogen and oxygen atoms in total. The third kappa shape index (κ3) is 3.31. The molecule has 0 bridgehead atoms. The highest BCUT2D eigenvalue weighted by Crippen LogP contribution is 2.11. The summed E-state index contributed by atoms with van der Waals surface area (Å²) < 4.78 is 26.1. The SMILES string of the molecule is Cc1noc(C)c1C(=O)NCCS(N)(=O)=O. The third-order valence-corrected chi connectivity index (χ3v) is 2.71. The Labute approximate surface area is 93.0 Å². The molecule has 90 valence electrons. The summed E-state index contributed by atoms with van der Waals surface area (Å²) in [5.41, 5.74) is 0.792. The zero-order valence-corrected chi connectivity index (χ0v) is 9.80. The van der Waals surface area contributed by atoms with E-state index in [1.807, 2.05) is 0 Å². The number of nitrogens with zero attached hydrogens (tertiary/aromatic N) is 1. The van der Waals surface area contributed by atoms with E-state index < -0.39 is 15.9 Å². The molecule has 0 aromatic carbocycles. The summed E-state index contributed by atoms with van der Waals surface area (Å²) >= 11 is 0. The Kier molecular flexibility index (Phi) is 3.66. The lowest BCUT2D eigenvalue weighted by Crippen LogP contribution is -2.31. The first-order chi connectivity index (χ1) is 7.31. The molecule has 1 heterocycles. The van der Waals surface area contributed by atoms with Crippen LogP contribution >= 0.6 is 0 Å². The van der Waals surface area contributed by atoms with E-state index in [1.165, 1.54) is 0 Å². The first-order valence-corrected chi connectivity index (χ1v) is 6.24. The minimum Gasteiger partial charge on any atom is -0.361 e. The molecule has 3 N–H and O–H groups in total. The molecule has 0 fully saturated rings. The largest absolute Gasteiger partial charge is 0.361 e. The minimum atomic E-state index is -3.56. The van der Waals surface area contributed by atoms with Crippen LogP contribution in [0.1, 0.15) is 21.8 Å². The van der Waals surface area contributed by atoms with Crippen molar-refractivity contribution in [1.82, 2.24) is 10.5 Å². The molecule has 1 amide bonds. The minimum absolute atomic E-state index is 0.0400. The van der Waals surface area contributed by atoms with Gasteiger partial charge in [-0.05, 0) is 13.8 Å². The number of carbonyl (C=O) groups is 1. The molecule has 0 aliphatic heterocycles. The van der Waals surface area contributed by atoms with Gasteiger partial charge in [-0.25, -0.2) is 13.6 Å². The van der Waals surface area contributed by atoms with Gasteiger partial charge in [0.1, 0.15) is 11.3 Å². The lowest BCUT2D eigenvalue weighted by molar-refractivity contribution is 0.0954. The summed E-state index contributed by atoms with van der Waals surface area (Å²) in [5.74, 6) is -0.326. The van der Waals surface area contributed by atoms with Gasteiger partial charge < -0.3 is 9.84 Å². The fourth-order valence-electron chi connectivity index (χ4n) is 1.20. The highest BCUT2D eigenvalue weighted by molar-refractivity contribution is 7.89. The molecule has 0 atom stereocenters. The van der Waals surface area contributed by atoms with Gasteiger partial charge in [0.05, 0.1) is 11.4 Å². The van der Waals surface area contributed by atoms with Gasteiger partial charge in [-0.3, -0.25) is 4.79 Å². The third-order valence-electron chi connectivity index (χ3n) is 1.93. The zero-order chi connectivity index (χ0) is 12.3. The molecule has 16 heavy (non-hydrogen) atoms. The van der Waals surface area contributed by atoms with Crippen LogP contribution in [0.2, 0.25) is 0 Å². The molecular formula is C8H13N3O4S. The molecular weight excluding hydrogens is 234 g/mol. The van der Waals surface area contributed by atoms with Crippen molar-refractivity contribution in [3.8, 4) is 0 Å². The van der Waals surface area contributed by atoms with Crippen LogP contribution in [0.15, 0.2) is 4.52 Å². The Morgan fingerprint density at radius 3 is 2.56 bits per heavy atom. The van der Waals surface area contributed by atoms with E-state index in [1.54, 1.807) is 13.8 Å². The van der Waals surface area contributed by atoms with Crippen molar-refractivity contribution in [3.63, 3.8) is 0 Å². The number of rotatable bonds is 4. The van der Waals surface area contributed by atoms with Gasteiger partial charge in [0.2, 0.25) is 10.0 Å². The zero-order valence-electron chi connectivity index (χ0n) is 8.98. The summed E-state index contributed by atoms with van der Waals surface area (Å²) in [6, 6.07) is 0. The van der Waals surface area contributed by atoms with E-state index in [0.717, 1.165) is 0 Å². The number of aromatic nitrogens is 1. The van der Waals surface area contributed by atoms with Gasteiger partial charge >= 0.3 is 0 Å². The Balaban J connectivity index is 2.61. The highest BCUT2D eigenvalue weighted by atomic mass is 32.2. The smallest absolute Gasteiger partial charge is 0.256 e. The monoisotopic (exact) mass is 247 g/mol. The number of hydrogen-bond acceptors (Lipinski definition) is 5. The summed E-state index contributed by atoms with van der Waals surface area (Å²) in [4.78, 5) is 11.6. The molecule has 0 saturated heterocycles. The van der Waals surface area contributed by atoms with Crippen LogP contribution in [-0.2, 0) is 10.0 Å². The molecule has 1 aromatic heterocycles. The fraction of sp³-hybridized carbons (Fsp3) is 0.500. The summed E-state index contributed by atoms with van der Waals surface area (Å²) in [7, 11) is -3.56. The van der Waals surface area contributed by atoms with Gasteiger partial charge in [0, 0.05) is 6.54 Å². The predicted octanol–water partition coefficient (Wildman–Crippen LogP) is -0.690. The van der Waals surface area contributed by atoms with Crippen LogP contribution < -0.4 is 10.5 Å². The lowest BCUT2D eigenvalue weighted by Gasteiger charge is -2.03. The molecule has 8 heteroatoms. The van der Waals surface area contributed by atoms with E-state index >= 15 is 0 Å². The number of aryl methyl sites for hydroxylation is 2. The fourth-order valence-corrected chi connectivity index (χ4v) is 1.59. The molecule has 1 aromatic rings. The van der Waals surface area contributed by atoms with Crippen molar-refractivity contribution in [2.45, 2.75) is 13.8 Å². The van der Waals surface area contributed by atoms with Crippen molar-refractivity contribution >= 4 is 15.9 Å². The molecule has 1 rings (SSSR count). The summed E-state index contributed by atoms with van der Waals surface area (Å²) in [6.45, 7) is 3.20. The van der Waals surface area contributed by atoms with Crippen molar-refractivity contribution in [3.05, 3.63) is 17.0 Å². The molecule has 0 saturated carbocycles. The van der Waals surface area contributed by atoms with Crippen LogP contribution in [0.25, 0.3) is 0 Å². The van der Waals surface area contributed by atoms with Crippen LogP contribution in [0.3, 0.4) is 0 Å². The maximum atomic E-state index is 11.6. The van der Waals surface area contributed by atoms with Gasteiger partial charge in [0.25, 0.3) is 5.91 Å². The van der Waals surface area contributed by atoms with Crippen LogP contribution in [0.4, 0.5) is 0 Å². The Bertz CT molecular complexity index is 472. The highest BCUT2D eigenvalue weighted by Gasteiger charge is 2.17. The number of sulfonamides is 1. The van der Waals surface area contributed by atoms with Gasteiger partial charge in [-0.2, -0.15) is 0 Å². The molecule has 0 aliphatic rings. The van der Waals surface area contributed by atoms with E-state index in [4.69, 9.17) is 9.66 Å². The predicted molar refractivity (Wildman–Crippen MR) is 56.3 cm³/mol. The van der Waals surface area contributed by atoms with Gasteiger partial charge in [-0.15, -0.1) is 0 Å². The number of primary sulfonamides is 1. The normalized spacial score (nSPS) is 11.4. The lowest BCUT2D eigenvalue weighted by atomic mass is 10.2. The number of amides is 1. The quantitative estimate of drug-likeness (QED) is 0.730. The molecule has 0 spiro atoms. The number of hydrogen-bond donors (Lipinski definition) is 2. The number of nitrogens with one attached hydrogen (secondary N) is 1. The van der Waals surface area contributed by atoms with Crippen molar-refractivity contribution < 1.29 is 17.7 Å². The molecule has 0 unspecified atom stereocenters. The first-order valence-electron chi connectivity index (χ1n) is 4.53. The second kappa shape index (κ2) is 4.62. The van der Waals surface area contributed by atoms with E-state index in [-0.39, 0.29) is 12.3 Å². The van der Waals surface area contributed by atoms with Gasteiger partial charge in [0.15, 0.2) is 0 Å². The Morgan fingerprint density at radius 1 is 1.50 bits per heavy atom. The van der Waals surface area contributed by atoms with Crippen molar-refractivity contribution in [1.29, 1.82) is 0 Å². The van der Waals surface area contributed by atoms with Gasteiger partial charge in [-0.1, -0.05) is 5.16 Å². The molecule has 0 radical (unpaired) electrons. The first kappa shape index (κ1) is 12.7. The standard InChI is InChI=1S/C8H13N3O4S/c1-5-7(6(2)15-11-5)8(12)10-3-4-16(9,13)14/h3-4H2,1-2H3,(H,10,12)(H2,9,13,14). The number of nitrogens with two attached hydrogens (primary N) is 1. The average Bonchev–Trinajstić information content (AvgIpc) is 2.43. The van der Waals surface area contributed by atoms with Crippen molar-refractivity contribution in [2.75, 3.05) is 12.3 Å². The second-order valence-corrected chi connectivity index (χ2v) is 5.06. The van der Waals surface area contributed by atoms with E-state index in [0.29, 0.717) is 17.0 Å². The van der Waals surface area contributed by atoms with E-state index in [2.05, 4.69) is 10.5 Å². The Morgan fingerprint density at radius 2 is 2.12 bits per heavy atom. The second-order valence-electron chi connectivity index (χ2n) is 3.32. The number of carbonyl (C=O) groups excluding carboxylic acids is 1. The van der Waals surface area contributed by atoms with Crippen LogP contribution in [0, 0.1) is 13.8 Å². The Hall–Kier alpha value is -1.41. The van der Waals surface area contributed by atoms with Crippen molar-refractivity contribution in [2.24, 2.45) is 5.14 Å². The van der Waals surface area contributed by atoms with Crippen LogP contribution in [-0.4, -0.2) is 31.8 Å². The van der Waals surface area contributed by atoms with Crippen LogP contribution in [0.5, 0.6) is 0 Å². The maximum absolute atomic E-state index is 11.6. The van der Waals surface area contributed by atoms with E-state index in [9.17, 15) is 13.2 Å². The summed E-state index contributed by atoms with van der Waals surface area (Å²) in [5, 5.41) is 10.8. The summed E-state index contributed by atoms with van der Waals surface area (Å²) in [6.07, 6.45) is 0. The maximum Gasteiger partial charge on any atom is 0.256 e. The molecule has 0 aliphatic carbocycles. The topological polar surface area (TPSA) is 115 Å².